The molecule has 1 amide bonds. The maximum Gasteiger partial charge on any atom is 0.472 e. The predicted octanol–water partition coefficient (Wildman–Crippen LogP) is 11.0. The Hall–Kier alpha value is -2.32. The van der Waals surface area contributed by atoms with Crippen LogP contribution in [0.3, 0.4) is 0 Å². The van der Waals surface area contributed by atoms with Crippen molar-refractivity contribution in [2.75, 3.05) is 40.9 Å². The molecule has 0 aliphatic heterocycles. The van der Waals surface area contributed by atoms with Crippen molar-refractivity contribution in [3.8, 4) is 0 Å². The second-order valence-corrected chi connectivity index (χ2v) is 16.1. The second kappa shape index (κ2) is 35.4. The molecule has 3 unspecified atom stereocenters. The summed E-state index contributed by atoms with van der Waals surface area (Å²) < 4.78 is 23.4. The highest BCUT2D eigenvalue weighted by Crippen LogP contribution is 2.43. The number of unbranched alkanes of at least 4 members (excludes halogenated alkanes) is 10. The quantitative estimate of drug-likeness (QED) is 0.0257. The molecule has 0 heterocycles. The lowest BCUT2D eigenvalue weighted by Gasteiger charge is -2.25. The van der Waals surface area contributed by atoms with Gasteiger partial charge >= 0.3 is 7.82 Å². The molecule has 0 spiro atoms. The summed E-state index contributed by atoms with van der Waals surface area (Å²) in [6, 6.07) is -0.862. The number of nitrogens with zero attached hydrogens (tertiary/aromatic N) is 1. The number of nitrogens with one attached hydrogen (secondary N) is 1. The number of quaternary nitrogens is 1. The SMILES string of the molecule is CC/C=C\C/C=C\C/C=C\C/C=C\C/C=C\C/C=C\CCCCCCC(=O)NC(COP(=O)(O)OCC[N+](C)(C)C)C(O)/C=C/CCCCCCCC. The van der Waals surface area contributed by atoms with E-state index in [4.69, 9.17) is 9.05 Å². The smallest absolute Gasteiger partial charge is 0.387 e. The fraction of sp³-hybridized carbons (Fsp3) is 0.659. The van der Waals surface area contributed by atoms with Gasteiger partial charge in [0, 0.05) is 6.42 Å². The number of hydrogen-bond donors (Lipinski definition) is 3. The molecular formula is C44H78N2O6P+. The van der Waals surface area contributed by atoms with E-state index >= 15 is 0 Å². The van der Waals surface area contributed by atoms with Crippen LogP contribution in [0.5, 0.6) is 0 Å². The molecule has 53 heavy (non-hydrogen) atoms. The van der Waals surface area contributed by atoms with Gasteiger partial charge in [0.2, 0.25) is 5.91 Å². The van der Waals surface area contributed by atoms with Crippen LogP contribution in [0.15, 0.2) is 85.1 Å². The average molecular weight is 762 g/mol. The van der Waals surface area contributed by atoms with Crippen LogP contribution in [0, 0.1) is 0 Å². The number of carbonyl (C=O) groups excluding carboxylic acids is 1. The van der Waals surface area contributed by atoms with Crippen molar-refractivity contribution in [1.29, 1.82) is 0 Å². The number of phosphoric acid groups is 1. The van der Waals surface area contributed by atoms with E-state index in [1.54, 1.807) is 6.08 Å². The van der Waals surface area contributed by atoms with Crippen LogP contribution in [0.2, 0.25) is 0 Å². The van der Waals surface area contributed by atoms with Crippen LogP contribution in [0.25, 0.3) is 0 Å². The van der Waals surface area contributed by atoms with Gasteiger partial charge in [-0.2, -0.15) is 0 Å². The molecule has 0 aliphatic rings. The lowest BCUT2D eigenvalue weighted by molar-refractivity contribution is -0.870. The third kappa shape index (κ3) is 37.8. The van der Waals surface area contributed by atoms with E-state index in [1.807, 2.05) is 27.2 Å². The topological polar surface area (TPSA) is 105 Å². The first-order chi connectivity index (χ1) is 25.5. The molecule has 0 saturated heterocycles. The first-order valence-electron chi connectivity index (χ1n) is 20.5. The van der Waals surface area contributed by atoms with E-state index < -0.39 is 20.0 Å². The Balaban J connectivity index is 4.39. The fourth-order valence-electron chi connectivity index (χ4n) is 5.10. The zero-order valence-electron chi connectivity index (χ0n) is 34.2. The van der Waals surface area contributed by atoms with Crippen molar-refractivity contribution in [2.24, 2.45) is 0 Å². The highest BCUT2D eigenvalue weighted by Gasteiger charge is 2.27. The molecule has 9 heteroatoms. The number of carbonyl (C=O) groups is 1. The Bertz CT molecular complexity index is 1140. The molecule has 0 saturated carbocycles. The number of aliphatic hydroxyl groups excluding tert-OH is 1. The van der Waals surface area contributed by atoms with Crippen LogP contribution < -0.4 is 5.32 Å². The first kappa shape index (κ1) is 50.7. The van der Waals surface area contributed by atoms with Crippen LogP contribution in [0.1, 0.15) is 136 Å². The maximum atomic E-state index is 12.8. The van der Waals surface area contributed by atoms with Gasteiger partial charge in [0.05, 0.1) is 39.9 Å². The molecule has 0 aromatic heterocycles. The normalized spacial score (nSPS) is 15.4. The van der Waals surface area contributed by atoms with Gasteiger partial charge in [-0.25, -0.2) is 4.57 Å². The van der Waals surface area contributed by atoms with Crippen molar-refractivity contribution in [3.05, 3.63) is 85.1 Å². The highest BCUT2D eigenvalue weighted by molar-refractivity contribution is 7.47. The number of hydrogen-bond acceptors (Lipinski definition) is 5. The monoisotopic (exact) mass is 762 g/mol. The lowest BCUT2D eigenvalue weighted by atomic mass is 10.1. The molecule has 0 aliphatic carbocycles. The summed E-state index contributed by atoms with van der Waals surface area (Å²) >= 11 is 0. The Morgan fingerprint density at radius 3 is 1.66 bits per heavy atom. The minimum atomic E-state index is -4.34. The maximum absolute atomic E-state index is 12.8. The minimum Gasteiger partial charge on any atom is -0.387 e. The van der Waals surface area contributed by atoms with Gasteiger partial charge in [-0.15, -0.1) is 0 Å². The summed E-state index contributed by atoms with van der Waals surface area (Å²) in [5.41, 5.74) is 0. The van der Waals surface area contributed by atoms with E-state index in [0.717, 1.165) is 89.9 Å². The van der Waals surface area contributed by atoms with Crippen LogP contribution in [-0.4, -0.2) is 73.4 Å². The van der Waals surface area contributed by atoms with Crippen LogP contribution in [0.4, 0.5) is 0 Å². The van der Waals surface area contributed by atoms with E-state index in [0.29, 0.717) is 17.4 Å². The van der Waals surface area contributed by atoms with Crippen molar-refractivity contribution in [1.82, 2.24) is 5.32 Å². The number of rotatable bonds is 35. The molecule has 3 atom stereocenters. The first-order valence-corrected chi connectivity index (χ1v) is 22.0. The third-order valence-electron chi connectivity index (χ3n) is 8.37. The number of likely N-dealkylation sites (N-methyl/N-ethyl adjacent to an activating group) is 1. The summed E-state index contributed by atoms with van der Waals surface area (Å²) in [6.07, 6.45) is 48.0. The van der Waals surface area contributed by atoms with Crippen LogP contribution in [-0.2, 0) is 18.4 Å². The zero-order valence-corrected chi connectivity index (χ0v) is 35.1. The molecule has 304 valence electrons. The molecule has 0 rings (SSSR count). The lowest BCUT2D eigenvalue weighted by Crippen LogP contribution is -2.45. The van der Waals surface area contributed by atoms with Gasteiger partial charge in [0.1, 0.15) is 13.2 Å². The van der Waals surface area contributed by atoms with Crippen molar-refractivity contribution in [3.63, 3.8) is 0 Å². The van der Waals surface area contributed by atoms with Crippen molar-refractivity contribution < 1.29 is 32.9 Å². The standard InChI is InChI=1S/C44H77N2O6P/c1-6-8-10-12-14-16-17-18-19-20-21-22-23-24-25-26-27-28-29-30-32-34-36-38-44(48)45-42(41-52-53(49,50)51-40-39-46(3,4)5)43(47)37-35-33-31-15-13-11-9-7-2/h8,10,14,16,18-19,21-22,24-25,27-28,35,37,42-43,47H,6-7,9,11-13,15,17,20,23,26,29-34,36,38-41H2,1-5H3,(H-,45,48,49,50)/p+1/b10-8-,16-14-,19-18-,22-21-,25-24-,28-27-,37-35+. The molecule has 0 aromatic rings. The van der Waals surface area contributed by atoms with E-state index in [2.05, 4.69) is 92.1 Å². The summed E-state index contributed by atoms with van der Waals surface area (Å²) in [5, 5.41) is 13.7. The largest absolute Gasteiger partial charge is 0.472 e. The summed E-state index contributed by atoms with van der Waals surface area (Å²) in [6.45, 7) is 4.59. The Morgan fingerprint density at radius 2 is 1.13 bits per heavy atom. The second-order valence-electron chi connectivity index (χ2n) is 14.6. The van der Waals surface area contributed by atoms with E-state index in [9.17, 15) is 19.4 Å². The number of amides is 1. The number of allylic oxidation sites excluding steroid dienone is 13. The van der Waals surface area contributed by atoms with Crippen molar-refractivity contribution in [2.45, 2.75) is 148 Å². The summed E-state index contributed by atoms with van der Waals surface area (Å²) in [7, 11) is 1.53. The fourth-order valence-corrected chi connectivity index (χ4v) is 5.84. The molecule has 3 N–H and O–H groups in total. The number of phosphoric ester groups is 1. The average Bonchev–Trinajstić information content (AvgIpc) is 3.10. The van der Waals surface area contributed by atoms with E-state index in [-0.39, 0.29) is 19.1 Å². The Kier molecular flexibility index (Phi) is 33.8. The summed E-state index contributed by atoms with van der Waals surface area (Å²) in [4.78, 5) is 23.0. The highest BCUT2D eigenvalue weighted by atomic mass is 31.2. The molecular weight excluding hydrogens is 683 g/mol. The third-order valence-corrected chi connectivity index (χ3v) is 9.36. The van der Waals surface area contributed by atoms with Crippen LogP contribution >= 0.6 is 7.82 Å². The summed E-state index contributed by atoms with van der Waals surface area (Å²) in [5.74, 6) is -0.211. The minimum absolute atomic E-state index is 0.0507. The van der Waals surface area contributed by atoms with Gasteiger partial charge in [0.15, 0.2) is 0 Å². The number of aliphatic hydroxyl groups is 1. The van der Waals surface area contributed by atoms with Crippen molar-refractivity contribution >= 4 is 13.7 Å². The molecule has 0 aromatic carbocycles. The van der Waals surface area contributed by atoms with Gasteiger partial charge in [0.25, 0.3) is 0 Å². The van der Waals surface area contributed by atoms with Gasteiger partial charge in [-0.3, -0.25) is 13.8 Å². The van der Waals surface area contributed by atoms with Gasteiger partial charge in [-0.05, 0) is 70.6 Å². The molecule has 0 bridgehead atoms. The van der Waals surface area contributed by atoms with E-state index in [1.165, 1.54) is 25.7 Å². The molecule has 0 radical (unpaired) electrons. The Labute approximate surface area is 325 Å². The molecule has 0 fully saturated rings. The Morgan fingerprint density at radius 1 is 0.660 bits per heavy atom. The van der Waals surface area contributed by atoms with Gasteiger partial charge in [-0.1, -0.05) is 144 Å². The predicted molar refractivity (Wildman–Crippen MR) is 226 cm³/mol. The van der Waals surface area contributed by atoms with Gasteiger partial charge < -0.3 is 19.8 Å². The molecule has 8 nitrogen and oxygen atoms in total. The zero-order chi connectivity index (χ0) is 39.3.